The van der Waals surface area contributed by atoms with Crippen LogP contribution in [0, 0.1) is 0 Å². The number of nitrogens with zero attached hydrogens (tertiary/aromatic N) is 7. The Labute approximate surface area is 190 Å². The van der Waals surface area contributed by atoms with Gasteiger partial charge in [0.25, 0.3) is 5.56 Å². The molecule has 34 heavy (non-hydrogen) atoms. The second kappa shape index (κ2) is 9.79. The number of H-pyrrole nitrogens is 1. The average molecular weight is 473 g/mol. The monoisotopic (exact) mass is 473 g/mol. The average Bonchev–Trinajstić information content (AvgIpc) is 2.77. The zero-order valence-electron chi connectivity index (χ0n) is 18.0. The number of fused-ring (bicyclic) bond motifs is 2. The van der Waals surface area contributed by atoms with Crippen molar-refractivity contribution in [3.63, 3.8) is 0 Å². The molecule has 0 radical (unpaired) electrons. The lowest BCUT2D eigenvalue weighted by Crippen LogP contribution is -2.18. The van der Waals surface area contributed by atoms with Gasteiger partial charge in [-0.1, -0.05) is 0 Å². The fourth-order valence-corrected chi connectivity index (χ4v) is 2.69. The molecular weight excluding hydrogens is 450 g/mol. The van der Waals surface area contributed by atoms with Gasteiger partial charge in [-0.05, 0) is 13.8 Å². The van der Waals surface area contributed by atoms with Gasteiger partial charge in [-0.2, -0.15) is 15.0 Å². The van der Waals surface area contributed by atoms with Crippen LogP contribution in [0.1, 0.15) is 37.4 Å². The van der Waals surface area contributed by atoms with Crippen LogP contribution >= 0.6 is 0 Å². The van der Waals surface area contributed by atoms with Gasteiger partial charge >= 0.3 is 0 Å². The molecule has 4 aromatic heterocycles. The molecule has 4 aromatic rings. The predicted octanol–water partition coefficient (Wildman–Crippen LogP) is -2.29. The molecule has 0 bridgehead atoms. The van der Waals surface area contributed by atoms with Gasteiger partial charge in [-0.15, -0.1) is 0 Å². The number of hydrogen-bond donors (Lipinski definition) is 8. The van der Waals surface area contributed by atoms with Crippen LogP contribution in [0.4, 0.5) is 17.7 Å². The number of aromatic nitrogens is 8. The molecule has 180 valence electrons. The first-order valence-electron chi connectivity index (χ1n) is 9.78. The van der Waals surface area contributed by atoms with Crippen LogP contribution in [-0.4, -0.2) is 72.5 Å². The molecule has 16 nitrogen and oxygen atoms in total. The largest absolute Gasteiger partial charge is 0.390 e. The minimum atomic E-state index is -1.20. The number of anilines is 3. The first-order valence-corrected chi connectivity index (χ1v) is 9.78. The molecule has 0 fully saturated rings. The van der Waals surface area contributed by atoms with E-state index in [4.69, 9.17) is 17.2 Å². The van der Waals surface area contributed by atoms with Crippen molar-refractivity contribution in [1.29, 1.82) is 0 Å². The van der Waals surface area contributed by atoms with E-state index in [2.05, 4.69) is 39.9 Å². The van der Waals surface area contributed by atoms with Crippen LogP contribution in [0.2, 0.25) is 0 Å². The summed E-state index contributed by atoms with van der Waals surface area (Å²) in [6.07, 6.45) is -1.76. The summed E-state index contributed by atoms with van der Waals surface area (Å²) in [6, 6.07) is 0. The van der Waals surface area contributed by atoms with Gasteiger partial charge in [0.1, 0.15) is 12.2 Å². The van der Waals surface area contributed by atoms with E-state index in [9.17, 15) is 25.2 Å². The summed E-state index contributed by atoms with van der Waals surface area (Å²) in [6.45, 7) is 2.85. The SMILES string of the molecule is C[C@H](O)[C@H](O)c1cnc2nc(N)[nH]c(=O)c2n1.C[C@H](O)[C@H](O)c1cnc2nc(N)nc(N)c2n1. The molecule has 4 rings (SSSR count). The van der Waals surface area contributed by atoms with Gasteiger partial charge in [0.15, 0.2) is 28.1 Å². The van der Waals surface area contributed by atoms with Gasteiger partial charge in [-0.3, -0.25) is 9.78 Å². The highest BCUT2D eigenvalue weighted by atomic mass is 16.3. The quantitative estimate of drug-likeness (QED) is 0.155. The number of aromatic amines is 1. The molecule has 0 aliphatic rings. The molecule has 0 aromatic carbocycles. The number of nitrogen functional groups attached to an aromatic ring is 3. The van der Waals surface area contributed by atoms with Crippen molar-refractivity contribution in [1.82, 2.24) is 39.9 Å². The fraction of sp³-hybridized carbons (Fsp3) is 0.333. The number of nitrogens with one attached hydrogen (secondary N) is 1. The van der Waals surface area contributed by atoms with Crippen molar-refractivity contribution in [3.8, 4) is 0 Å². The number of hydrogen-bond acceptors (Lipinski definition) is 15. The molecule has 0 aliphatic heterocycles. The summed E-state index contributed by atoms with van der Waals surface area (Å²) >= 11 is 0. The third-order valence-electron chi connectivity index (χ3n) is 4.44. The lowest BCUT2D eigenvalue weighted by molar-refractivity contribution is 0.0278. The van der Waals surface area contributed by atoms with Crippen molar-refractivity contribution < 1.29 is 20.4 Å². The third-order valence-corrected chi connectivity index (χ3v) is 4.44. The van der Waals surface area contributed by atoms with Crippen LogP contribution in [0.5, 0.6) is 0 Å². The lowest BCUT2D eigenvalue weighted by atomic mass is 10.2. The third kappa shape index (κ3) is 5.26. The Morgan fingerprint density at radius 3 is 1.79 bits per heavy atom. The van der Waals surface area contributed by atoms with Gasteiger partial charge in [0.05, 0.1) is 36.0 Å². The Kier molecular flexibility index (Phi) is 7.06. The van der Waals surface area contributed by atoms with E-state index >= 15 is 0 Å². The standard InChI is InChI=1S/C9H12N6O2.C9H11N5O3/c1-3(16)6(17)4-2-12-8-5(13-4)7(10)14-9(11)15-8;1-3(15)6(16)4-2-11-7-5(12-4)8(17)14-9(10)13-7/h2-3,6,16-17H,1H3,(H4,10,11,12,14,15);2-3,6,15-16H,1H3,(H3,10,11,13,14,17)/t2*3-,6-/m00/s1. The lowest BCUT2D eigenvalue weighted by Gasteiger charge is -2.12. The summed E-state index contributed by atoms with van der Waals surface area (Å²) in [5.41, 5.74) is 16.7. The Bertz CT molecular complexity index is 1380. The van der Waals surface area contributed by atoms with Crippen molar-refractivity contribution >= 4 is 40.0 Å². The maximum atomic E-state index is 11.5. The highest BCUT2D eigenvalue weighted by Crippen LogP contribution is 2.19. The van der Waals surface area contributed by atoms with Crippen LogP contribution in [0.3, 0.4) is 0 Å². The second-order valence-corrected chi connectivity index (χ2v) is 7.22. The van der Waals surface area contributed by atoms with E-state index in [0.29, 0.717) is 0 Å². The Hall–Kier alpha value is -4.12. The van der Waals surface area contributed by atoms with E-state index in [0.717, 1.165) is 0 Å². The van der Waals surface area contributed by atoms with E-state index in [-0.39, 0.29) is 51.4 Å². The number of aliphatic hydroxyl groups is 4. The molecule has 4 heterocycles. The fourth-order valence-electron chi connectivity index (χ4n) is 2.69. The zero-order valence-corrected chi connectivity index (χ0v) is 18.0. The Morgan fingerprint density at radius 1 is 0.765 bits per heavy atom. The Morgan fingerprint density at radius 2 is 1.26 bits per heavy atom. The normalized spacial score (nSPS) is 14.8. The maximum absolute atomic E-state index is 11.5. The summed E-state index contributed by atoms with van der Waals surface area (Å²) in [5.74, 6) is 0.0355. The van der Waals surface area contributed by atoms with Crippen LogP contribution in [0.25, 0.3) is 22.3 Å². The van der Waals surface area contributed by atoms with Crippen LogP contribution < -0.4 is 22.8 Å². The topological polar surface area (TPSA) is 282 Å². The van der Waals surface area contributed by atoms with Crippen LogP contribution in [0.15, 0.2) is 17.2 Å². The minimum Gasteiger partial charge on any atom is -0.390 e. The first-order chi connectivity index (χ1) is 16.0. The number of nitrogens with two attached hydrogens (primary N) is 3. The molecule has 16 heteroatoms. The smallest absolute Gasteiger partial charge is 0.280 e. The highest BCUT2D eigenvalue weighted by molar-refractivity contribution is 5.81. The first kappa shape index (κ1) is 24.5. The van der Waals surface area contributed by atoms with Gasteiger partial charge in [0, 0.05) is 0 Å². The van der Waals surface area contributed by atoms with Crippen molar-refractivity contribution in [2.75, 3.05) is 17.2 Å². The number of rotatable bonds is 4. The van der Waals surface area contributed by atoms with E-state index in [1.54, 1.807) is 0 Å². The molecule has 4 atom stereocenters. The maximum Gasteiger partial charge on any atom is 0.280 e. The van der Waals surface area contributed by atoms with Crippen molar-refractivity contribution in [2.45, 2.75) is 38.3 Å². The van der Waals surface area contributed by atoms with Crippen molar-refractivity contribution in [3.05, 3.63) is 34.1 Å². The van der Waals surface area contributed by atoms with E-state index < -0.39 is 30.0 Å². The molecule has 0 saturated heterocycles. The summed E-state index contributed by atoms with van der Waals surface area (Å²) in [7, 11) is 0. The molecule has 0 amide bonds. The zero-order chi connectivity index (χ0) is 25.2. The minimum absolute atomic E-state index is 0.00752. The number of aliphatic hydroxyl groups excluding tert-OH is 4. The van der Waals surface area contributed by atoms with Gasteiger partial charge in [-0.25, -0.2) is 19.9 Å². The van der Waals surface area contributed by atoms with Crippen LogP contribution in [-0.2, 0) is 0 Å². The molecule has 0 saturated carbocycles. The van der Waals surface area contributed by atoms with E-state index in [1.807, 2.05) is 0 Å². The highest BCUT2D eigenvalue weighted by Gasteiger charge is 2.18. The molecular formula is C18H23N11O5. The molecule has 0 unspecified atom stereocenters. The molecule has 0 aliphatic carbocycles. The summed E-state index contributed by atoms with van der Waals surface area (Å²) < 4.78 is 0. The van der Waals surface area contributed by atoms with Crippen molar-refractivity contribution in [2.24, 2.45) is 0 Å². The molecule has 11 N–H and O–H groups in total. The second-order valence-electron chi connectivity index (χ2n) is 7.22. The summed E-state index contributed by atoms with van der Waals surface area (Å²) in [5, 5.41) is 37.7. The summed E-state index contributed by atoms with van der Waals surface area (Å²) in [4.78, 5) is 41.0. The van der Waals surface area contributed by atoms with Gasteiger partial charge in [0.2, 0.25) is 11.9 Å². The van der Waals surface area contributed by atoms with Gasteiger partial charge < -0.3 is 37.6 Å². The van der Waals surface area contributed by atoms with E-state index in [1.165, 1.54) is 26.2 Å². The Balaban J connectivity index is 0.000000191. The predicted molar refractivity (Wildman–Crippen MR) is 120 cm³/mol. The molecule has 0 spiro atoms.